The van der Waals surface area contributed by atoms with Crippen molar-refractivity contribution >= 4 is 28.4 Å². The lowest BCUT2D eigenvalue weighted by molar-refractivity contribution is -0.133. The number of ether oxygens (including phenoxy) is 1. The van der Waals surface area contributed by atoms with Crippen molar-refractivity contribution in [2.24, 2.45) is 5.92 Å². The summed E-state index contributed by atoms with van der Waals surface area (Å²) < 4.78 is 5.44. The zero-order valence-electron chi connectivity index (χ0n) is 20.0. The van der Waals surface area contributed by atoms with Gasteiger partial charge in [-0.1, -0.05) is 30.3 Å². The number of hydrogen-bond donors (Lipinski definition) is 1. The Bertz CT molecular complexity index is 1130. The molecule has 4 fully saturated rings. The summed E-state index contributed by atoms with van der Waals surface area (Å²) in [6.45, 7) is 5.58. The fourth-order valence-corrected chi connectivity index (χ4v) is 6.59. The maximum atomic E-state index is 13.9. The molecule has 180 valence electrons. The topological polar surface area (TPSA) is 68.4 Å². The number of fused-ring (bicyclic) bond motifs is 1. The van der Waals surface area contributed by atoms with Crippen LogP contribution in [-0.4, -0.2) is 98.8 Å². The van der Waals surface area contributed by atoms with E-state index in [2.05, 4.69) is 65.6 Å². The van der Waals surface area contributed by atoms with Gasteiger partial charge in [-0.2, -0.15) is 0 Å². The van der Waals surface area contributed by atoms with Crippen LogP contribution in [0.2, 0.25) is 0 Å². The number of rotatable bonds is 5. The fraction of sp³-hybridized carbons (Fsp3) is 0.538. The third-order valence-electron chi connectivity index (χ3n) is 8.28. The zero-order chi connectivity index (χ0) is 23.4. The summed E-state index contributed by atoms with van der Waals surface area (Å²) in [5.74, 6) is 0.118. The highest BCUT2D eigenvalue weighted by atomic mass is 16.5. The summed E-state index contributed by atoms with van der Waals surface area (Å²) >= 11 is 0. The highest BCUT2D eigenvalue weighted by Gasteiger charge is 2.68. The van der Waals surface area contributed by atoms with E-state index in [4.69, 9.17) is 4.74 Å². The van der Waals surface area contributed by atoms with E-state index in [9.17, 15) is 9.59 Å². The van der Waals surface area contributed by atoms with E-state index in [1.54, 1.807) is 0 Å². The highest BCUT2D eigenvalue weighted by molar-refractivity contribution is 6.09. The fourth-order valence-electron chi connectivity index (χ4n) is 6.59. The van der Waals surface area contributed by atoms with Gasteiger partial charge in [0.2, 0.25) is 0 Å². The molecule has 2 aromatic carbocycles. The van der Waals surface area contributed by atoms with Crippen molar-refractivity contribution in [3.63, 3.8) is 0 Å². The maximum Gasteiger partial charge on any atom is 0.328 e. The summed E-state index contributed by atoms with van der Waals surface area (Å²) in [4.78, 5) is 35.6. The Hall–Kier alpha value is -2.68. The Morgan fingerprint density at radius 1 is 1.06 bits per heavy atom. The van der Waals surface area contributed by atoms with Gasteiger partial charge in [-0.05, 0) is 23.4 Å². The average molecular weight is 464 g/mol. The predicted molar refractivity (Wildman–Crippen MR) is 131 cm³/mol. The van der Waals surface area contributed by atoms with Crippen LogP contribution in [0.25, 0.3) is 10.8 Å². The van der Waals surface area contributed by atoms with Gasteiger partial charge < -0.3 is 19.9 Å². The number of anilines is 1. The quantitative estimate of drug-likeness (QED) is 0.684. The molecule has 8 heteroatoms. The normalized spacial score (nSPS) is 29.2. The van der Waals surface area contributed by atoms with E-state index >= 15 is 0 Å². The van der Waals surface area contributed by atoms with Crippen LogP contribution < -0.4 is 10.2 Å². The molecule has 0 saturated carbocycles. The summed E-state index contributed by atoms with van der Waals surface area (Å²) in [7, 11) is 4.11. The number of imide groups is 1. The number of urea groups is 1. The van der Waals surface area contributed by atoms with Gasteiger partial charge in [0.15, 0.2) is 0 Å². The van der Waals surface area contributed by atoms with Crippen molar-refractivity contribution in [3.05, 3.63) is 42.0 Å². The van der Waals surface area contributed by atoms with Gasteiger partial charge in [0.25, 0.3) is 5.91 Å². The van der Waals surface area contributed by atoms with Crippen LogP contribution >= 0.6 is 0 Å². The molecular weight excluding hydrogens is 430 g/mol. The Morgan fingerprint density at radius 3 is 2.59 bits per heavy atom. The van der Waals surface area contributed by atoms with Crippen LogP contribution in [0, 0.1) is 5.92 Å². The van der Waals surface area contributed by atoms with Crippen molar-refractivity contribution < 1.29 is 14.3 Å². The highest BCUT2D eigenvalue weighted by Crippen LogP contribution is 2.54. The van der Waals surface area contributed by atoms with Crippen molar-refractivity contribution in [1.29, 1.82) is 0 Å². The molecule has 0 bridgehead atoms. The molecule has 3 atom stereocenters. The monoisotopic (exact) mass is 463 g/mol. The van der Waals surface area contributed by atoms with E-state index < -0.39 is 5.54 Å². The van der Waals surface area contributed by atoms with Gasteiger partial charge in [-0.15, -0.1) is 0 Å². The molecule has 0 aliphatic carbocycles. The Balaban J connectivity index is 1.36. The first-order valence-corrected chi connectivity index (χ1v) is 12.4. The van der Waals surface area contributed by atoms with E-state index in [1.807, 2.05) is 4.90 Å². The third kappa shape index (κ3) is 3.08. The van der Waals surface area contributed by atoms with Crippen LogP contribution in [0.1, 0.15) is 18.0 Å². The molecule has 1 unspecified atom stereocenters. The second-order valence-corrected chi connectivity index (χ2v) is 10.2. The number of carbonyl (C=O) groups excluding carboxylic acids is 2. The molecule has 2 aromatic rings. The van der Waals surface area contributed by atoms with E-state index in [1.165, 1.54) is 10.3 Å². The second-order valence-electron chi connectivity index (χ2n) is 10.2. The number of amides is 3. The predicted octanol–water partition coefficient (Wildman–Crippen LogP) is 1.91. The van der Waals surface area contributed by atoms with Gasteiger partial charge in [0.1, 0.15) is 5.54 Å². The van der Waals surface area contributed by atoms with Gasteiger partial charge in [-0.3, -0.25) is 14.6 Å². The van der Waals surface area contributed by atoms with Crippen molar-refractivity contribution in [2.75, 3.05) is 71.5 Å². The zero-order valence-corrected chi connectivity index (χ0v) is 20.0. The minimum atomic E-state index is -0.756. The van der Waals surface area contributed by atoms with Crippen LogP contribution in [0.4, 0.5) is 10.5 Å². The first-order chi connectivity index (χ1) is 16.5. The molecule has 0 aromatic heterocycles. The summed E-state index contributed by atoms with van der Waals surface area (Å²) in [5.41, 5.74) is 1.55. The van der Waals surface area contributed by atoms with Gasteiger partial charge in [0, 0.05) is 70.4 Å². The number of benzene rings is 2. The molecule has 4 aliphatic rings. The van der Waals surface area contributed by atoms with E-state index in [0.717, 1.165) is 42.7 Å². The first-order valence-electron chi connectivity index (χ1n) is 12.4. The Morgan fingerprint density at radius 2 is 1.82 bits per heavy atom. The summed E-state index contributed by atoms with van der Waals surface area (Å²) in [6.07, 6.45) is 0.813. The van der Waals surface area contributed by atoms with E-state index in [0.29, 0.717) is 32.8 Å². The molecule has 1 N–H and O–H groups in total. The minimum absolute atomic E-state index is 0.0162. The third-order valence-corrected chi connectivity index (χ3v) is 8.28. The molecule has 8 nitrogen and oxygen atoms in total. The molecule has 6 rings (SSSR count). The van der Waals surface area contributed by atoms with Crippen LogP contribution in [0.5, 0.6) is 0 Å². The van der Waals surface area contributed by atoms with Gasteiger partial charge >= 0.3 is 6.03 Å². The van der Waals surface area contributed by atoms with Crippen LogP contribution in [0.3, 0.4) is 0 Å². The molecule has 4 heterocycles. The lowest BCUT2D eigenvalue weighted by Gasteiger charge is -2.31. The standard InChI is InChI=1S/C26H33N5O3/c1-28(2)22-8-7-21(19-5-3-4-6-20(19)22)23-15-18-16-27-17-26(18)24(32)30(25(33)31(23)26)10-9-29-11-13-34-14-12-29/h3-8,18,23,27H,9-17H2,1-2H3/t18-,23-,26?/m0/s1. The number of morpholine rings is 1. The number of nitrogens with zero attached hydrogens (tertiary/aromatic N) is 4. The number of carbonyl (C=O) groups is 2. The SMILES string of the molecule is CN(C)c1ccc([C@@H]2C[C@H]3CNCC34C(=O)N(CCN3CCOCC3)C(=O)N24)c2ccccc12. The van der Waals surface area contributed by atoms with Crippen LogP contribution in [0.15, 0.2) is 36.4 Å². The average Bonchev–Trinajstić information content (AvgIpc) is 3.46. The molecule has 1 spiro atoms. The van der Waals surface area contributed by atoms with Gasteiger partial charge in [-0.25, -0.2) is 4.79 Å². The molecule has 0 radical (unpaired) electrons. The lowest BCUT2D eigenvalue weighted by atomic mass is 9.87. The van der Waals surface area contributed by atoms with Gasteiger partial charge in [0.05, 0.1) is 19.3 Å². The van der Waals surface area contributed by atoms with E-state index in [-0.39, 0.29) is 23.9 Å². The minimum Gasteiger partial charge on any atom is -0.379 e. The summed E-state index contributed by atoms with van der Waals surface area (Å²) in [6, 6.07) is 12.5. The second kappa shape index (κ2) is 8.22. The smallest absolute Gasteiger partial charge is 0.328 e. The Labute approximate surface area is 200 Å². The molecule has 4 aliphatic heterocycles. The number of nitrogens with one attached hydrogen (secondary N) is 1. The maximum absolute atomic E-state index is 13.9. The number of hydrogen-bond acceptors (Lipinski definition) is 6. The van der Waals surface area contributed by atoms with Crippen molar-refractivity contribution in [3.8, 4) is 0 Å². The molecule has 3 amide bonds. The first kappa shape index (κ1) is 21.8. The summed E-state index contributed by atoms with van der Waals surface area (Å²) in [5, 5.41) is 5.76. The lowest BCUT2D eigenvalue weighted by Crippen LogP contribution is -2.51. The van der Waals surface area contributed by atoms with Crippen molar-refractivity contribution in [2.45, 2.75) is 18.0 Å². The largest absolute Gasteiger partial charge is 0.379 e. The molecule has 4 saturated heterocycles. The Kier molecular flexibility index (Phi) is 5.28. The molecule has 34 heavy (non-hydrogen) atoms. The molecular formula is C26H33N5O3. The van der Waals surface area contributed by atoms with Crippen LogP contribution in [-0.2, 0) is 9.53 Å². The van der Waals surface area contributed by atoms with Crippen molar-refractivity contribution in [1.82, 2.24) is 20.0 Å².